The van der Waals surface area contributed by atoms with Crippen LogP contribution >= 0.6 is 0 Å². The fourth-order valence-corrected chi connectivity index (χ4v) is 4.01. The summed E-state index contributed by atoms with van der Waals surface area (Å²) >= 11 is 0. The molecule has 0 aliphatic heterocycles. The van der Waals surface area contributed by atoms with Crippen LogP contribution in [0.25, 0.3) is 6.08 Å². The van der Waals surface area contributed by atoms with Crippen molar-refractivity contribution in [3.05, 3.63) is 71.9 Å². The largest absolute Gasteiger partial charge is 0.508 e. The van der Waals surface area contributed by atoms with Gasteiger partial charge < -0.3 is 14.7 Å². The maximum atomic E-state index is 13.5. The van der Waals surface area contributed by atoms with Crippen molar-refractivity contribution in [2.75, 3.05) is 6.61 Å². The van der Waals surface area contributed by atoms with Crippen molar-refractivity contribution < 1.29 is 19.4 Å². The molecule has 0 bridgehead atoms. The highest BCUT2D eigenvalue weighted by Gasteiger charge is 2.34. The Morgan fingerprint density at radius 2 is 1.74 bits per heavy atom. The maximum absolute atomic E-state index is 13.5. The number of carbonyl (C=O) groups is 2. The van der Waals surface area contributed by atoms with Gasteiger partial charge in [-0.3, -0.25) is 4.79 Å². The average molecular weight is 422 g/mol. The molecule has 5 nitrogen and oxygen atoms in total. The monoisotopic (exact) mass is 421 g/mol. The highest BCUT2D eigenvalue weighted by atomic mass is 16.5. The topological polar surface area (TPSA) is 66.8 Å². The lowest BCUT2D eigenvalue weighted by Gasteiger charge is -2.32. The SMILES string of the molecule is CCOC(=O)[C@H](Cc1ccc(O)cc1)N(C=Cc1ccccc1)C(=O)C1CCCCC1. The second-order valence-electron chi connectivity index (χ2n) is 7.95. The summed E-state index contributed by atoms with van der Waals surface area (Å²) in [5, 5.41) is 9.59. The third-order valence-electron chi connectivity index (χ3n) is 5.70. The fraction of sp³-hybridized carbons (Fsp3) is 0.385. The van der Waals surface area contributed by atoms with Crippen molar-refractivity contribution in [3.63, 3.8) is 0 Å². The van der Waals surface area contributed by atoms with Crippen molar-refractivity contribution in [1.82, 2.24) is 4.90 Å². The first-order valence-corrected chi connectivity index (χ1v) is 11.1. The molecule has 164 valence electrons. The standard InChI is InChI=1S/C26H31NO4/c1-2-31-26(30)24(19-21-13-15-23(28)16-14-21)27(18-17-20-9-5-3-6-10-20)25(29)22-11-7-4-8-12-22/h3,5-6,9-10,13-18,22,24,28H,2,4,7-8,11-12,19H2,1H3/t24-/m0/s1. The molecule has 3 rings (SSSR count). The predicted molar refractivity (Wildman–Crippen MR) is 121 cm³/mol. The molecule has 1 aliphatic carbocycles. The van der Waals surface area contributed by atoms with Crippen LogP contribution in [-0.2, 0) is 20.7 Å². The Morgan fingerprint density at radius 3 is 2.39 bits per heavy atom. The Hall–Kier alpha value is -3.08. The van der Waals surface area contributed by atoms with E-state index in [1.807, 2.05) is 36.4 Å². The van der Waals surface area contributed by atoms with E-state index in [4.69, 9.17) is 4.74 Å². The molecule has 1 saturated carbocycles. The van der Waals surface area contributed by atoms with Gasteiger partial charge in [0.2, 0.25) is 5.91 Å². The fourth-order valence-electron chi connectivity index (χ4n) is 4.01. The van der Waals surface area contributed by atoms with Crippen LogP contribution in [0.4, 0.5) is 0 Å². The van der Waals surface area contributed by atoms with Gasteiger partial charge in [0.25, 0.3) is 0 Å². The molecule has 1 amide bonds. The Morgan fingerprint density at radius 1 is 1.06 bits per heavy atom. The molecule has 31 heavy (non-hydrogen) atoms. The number of esters is 1. The molecule has 0 aromatic heterocycles. The second kappa shape index (κ2) is 11.3. The van der Waals surface area contributed by atoms with Gasteiger partial charge in [-0.25, -0.2) is 4.79 Å². The van der Waals surface area contributed by atoms with Gasteiger partial charge in [0.15, 0.2) is 0 Å². The molecule has 0 saturated heterocycles. The molecule has 0 radical (unpaired) electrons. The molecule has 1 fully saturated rings. The van der Waals surface area contributed by atoms with E-state index >= 15 is 0 Å². The summed E-state index contributed by atoms with van der Waals surface area (Å²) in [4.78, 5) is 28.1. The van der Waals surface area contributed by atoms with Crippen LogP contribution in [0.15, 0.2) is 60.8 Å². The first-order chi connectivity index (χ1) is 15.1. The van der Waals surface area contributed by atoms with E-state index in [1.54, 1.807) is 42.3 Å². The minimum Gasteiger partial charge on any atom is -0.508 e. The normalized spacial score (nSPS) is 15.5. The molecule has 2 aromatic carbocycles. The summed E-state index contributed by atoms with van der Waals surface area (Å²) in [6.07, 6.45) is 8.84. The first kappa shape index (κ1) is 22.6. The van der Waals surface area contributed by atoms with Crippen molar-refractivity contribution >= 4 is 18.0 Å². The zero-order chi connectivity index (χ0) is 22.1. The number of amides is 1. The van der Waals surface area contributed by atoms with Crippen molar-refractivity contribution in [1.29, 1.82) is 0 Å². The lowest BCUT2D eigenvalue weighted by molar-refractivity contribution is -0.154. The zero-order valence-corrected chi connectivity index (χ0v) is 18.1. The predicted octanol–water partition coefficient (Wildman–Crippen LogP) is 4.95. The van der Waals surface area contributed by atoms with E-state index in [-0.39, 0.29) is 24.2 Å². The summed E-state index contributed by atoms with van der Waals surface area (Å²) in [6, 6.07) is 15.7. The van der Waals surface area contributed by atoms with Gasteiger partial charge in [-0.2, -0.15) is 0 Å². The number of rotatable bonds is 8. The first-order valence-electron chi connectivity index (χ1n) is 11.1. The average Bonchev–Trinajstić information content (AvgIpc) is 2.81. The molecule has 1 atom stereocenters. The van der Waals surface area contributed by atoms with Crippen LogP contribution in [0.5, 0.6) is 5.75 Å². The van der Waals surface area contributed by atoms with Crippen LogP contribution in [0.2, 0.25) is 0 Å². The van der Waals surface area contributed by atoms with Gasteiger partial charge in [-0.05, 0) is 49.1 Å². The molecule has 0 unspecified atom stereocenters. The molecule has 5 heteroatoms. The molecule has 0 spiro atoms. The van der Waals surface area contributed by atoms with Crippen LogP contribution < -0.4 is 0 Å². The second-order valence-corrected chi connectivity index (χ2v) is 7.95. The van der Waals surface area contributed by atoms with Gasteiger partial charge >= 0.3 is 5.97 Å². The number of nitrogens with zero attached hydrogens (tertiary/aromatic N) is 1. The lowest BCUT2D eigenvalue weighted by atomic mass is 9.87. The Bertz CT molecular complexity index is 870. The van der Waals surface area contributed by atoms with E-state index in [9.17, 15) is 14.7 Å². The van der Waals surface area contributed by atoms with E-state index in [1.165, 1.54) is 0 Å². The van der Waals surface area contributed by atoms with Gasteiger partial charge in [0, 0.05) is 18.5 Å². The number of phenolic OH excluding ortho intramolecular Hbond substituents is 1. The minimum atomic E-state index is -0.765. The number of aromatic hydroxyl groups is 1. The van der Waals surface area contributed by atoms with Crippen LogP contribution in [0.1, 0.15) is 50.2 Å². The summed E-state index contributed by atoms with van der Waals surface area (Å²) in [5.41, 5.74) is 1.81. The highest BCUT2D eigenvalue weighted by molar-refractivity contribution is 5.87. The Labute approximate surface area is 184 Å². The molecule has 1 aliphatic rings. The Kier molecular flexibility index (Phi) is 8.27. The molecular formula is C26H31NO4. The van der Waals surface area contributed by atoms with Gasteiger partial charge in [-0.1, -0.05) is 61.7 Å². The highest BCUT2D eigenvalue weighted by Crippen LogP contribution is 2.27. The van der Waals surface area contributed by atoms with Gasteiger partial charge in [0.1, 0.15) is 11.8 Å². The van der Waals surface area contributed by atoms with Crippen LogP contribution in [0, 0.1) is 5.92 Å². The smallest absolute Gasteiger partial charge is 0.329 e. The number of ether oxygens (including phenoxy) is 1. The molecular weight excluding hydrogens is 390 g/mol. The van der Waals surface area contributed by atoms with E-state index in [0.717, 1.165) is 43.2 Å². The van der Waals surface area contributed by atoms with Crippen molar-refractivity contribution in [3.8, 4) is 5.75 Å². The number of hydrogen-bond donors (Lipinski definition) is 1. The molecule has 2 aromatic rings. The third-order valence-corrected chi connectivity index (χ3v) is 5.70. The summed E-state index contributed by atoms with van der Waals surface area (Å²) in [6.45, 7) is 2.02. The lowest BCUT2D eigenvalue weighted by Crippen LogP contribution is -2.46. The zero-order valence-electron chi connectivity index (χ0n) is 18.1. The van der Waals surface area contributed by atoms with Crippen molar-refractivity contribution in [2.24, 2.45) is 5.92 Å². The van der Waals surface area contributed by atoms with Crippen molar-refractivity contribution in [2.45, 2.75) is 51.5 Å². The minimum absolute atomic E-state index is 0.0243. The quantitative estimate of drug-likeness (QED) is 0.613. The van der Waals surface area contributed by atoms with E-state index in [2.05, 4.69) is 0 Å². The summed E-state index contributed by atoms with van der Waals surface area (Å²) in [5.74, 6) is -0.359. The third kappa shape index (κ3) is 6.45. The van der Waals surface area contributed by atoms with Gasteiger partial charge in [-0.15, -0.1) is 0 Å². The summed E-state index contributed by atoms with van der Waals surface area (Å²) < 4.78 is 5.35. The number of hydrogen-bond acceptors (Lipinski definition) is 4. The maximum Gasteiger partial charge on any atom is 0.329 e. The number of carbonyl (C=O) groups excluding carboxylic acids is 2. The Balaban J connectivity index is 1.93. The molecule has 1 N–H and O–H groups in total. The van der Waals surface area contributed by atoms with Gasteiger partial charge in [0.05, 0.1) is 6.61 Å². The molecule has 0 heterocycles. The number of phenols is 1. The van der Waals surface area contributed by atoms with Crippen LogP contribution in [0.3, 0.4) is 0 Å². The summed E-state index contributed by atoms with van der Waals surface area (Å²) in [7, 11) is 0. The van der Waals surface area contributed by atoms with Crippen LogP contribution in [-0.4, -0.2) is 34.5 Å². The van der Waals surface area contributed by atoms with E-state index < -0.39 is 12.0 Å². The van der Waals surface area contributed by atoms with E-state index in [0.29, 0.717) is 6.42 Å². The number of benzene rings is 2.